The van der Waals surface area contributed by atoms with Gasteiger partial charge in [-0.1, -0.05) is 30.3 Å². The number of carbonyl (C=O) groups excluding carboxylic acids is 1. The van der Waals surface area contributed by atoms with Crippen molar-refractivity contribution < 1.29 is 9.53 Å². The smallest absolute Gasteiger partial charge is 0.253 e. The van der Waals surface area contributed by atoms with E-state index in [4.69, 9.17) is 4.74 Å². The van der Waals surface area contributed by atoms with Crippen LogP contribution in [0, 0.1) is 0 Å². The summed E-state index contributed by atoms with van der Waals surface area (Å²) in [5.74, 6) is 0.121. The van der Waals surface area contributed by atoms with Crippen molar-refractivity contribution in [3.05, 3.63) is 35.9 Å². The van der Waals surface area contributed by atoms with Crippen LogP contribution in [0.25, 0.3) is 0 Å². The van der Waals surface area contributed by atoms with Crippen LogP contribution < -0.4 is 5.32 Å². The van der Waals surface area contributed by atoms with Gasteiger partial charge in [-0.2, -0.15) is 0 Å². The van der Waals surface area contributed by atoms with Crippen molar-refractivity contribution in [2.24, 2.45) is 0 Å². The zero-order chi connectivity index (χ0) is 16.9. The molecule has 1 aromatic rings. The molecule has 2 aliphatic heterocycles. The number of nitrogens with zero attached hydrogens (tertiary/aromatic N) is 2. The second kappa shape index (κ2) is 8.10. The van der Waals surface area contributed by atoms with Crippen LogP contribution in [0.5, 0.6) is 0 Å². The van der Waals surface area contributed by atoms with Crippen molar-refractivity contribution in [3.8, 4) is 0 Å². The first-order valence-corrected chi connectivity index (χ1v) is 9.02. The molecule has 0 spiro atoms. The Hall–Kier alpha value is -1.43. The van der Waals surface area contributed by atoms with E-state index in [0.717, 1.165) is 32.5 Å². The minimum absolute atomic E-state index is 0.121. The summed E-state index contributed by atoms with van der Waals surface area (Å²) in [4.78, 5) is 17.1. The zero-order valence-electron chi connectivity index (χ0n) is 14.8. The maximum Gasteiger partial charge on any atom is 0.253 e. The fraction of sp³-hybridized carbons (Fsp3) is 0.632. The Kier molecular flexibility index (Phi) is 5.87. The van der Waals surface area contributed by atoms with E-state index in [1.807, 2.05) is 11.9 Å². The fourth-order valence-electron chi connectivity index (χ4n) is 3.73. The number of morpholine rings is 1. The number of benzene rings is 1. The van der Waals surface area contributed by atoms with Crippen molar-refractivity contribution >= 4 is 5.91 Å². The first kappa shape index (κ1) is 17.4. The maximum atomic E-state index is 12.6. The quantitative estimate of drug-likeness (QED) is 0.908. The van der Waals surface area contributed by atoms with Crippen molar-refractivity contribution in [2.45, 2.75) is 44.5 Å². The summed E-state index contributed by atoms with van der Waals surface area (Å²) in [7, 11) is 1.94. The van der Waals surface area contributed by atoms with Gasteiger partial charge in [-0.15, -0.1) is 0 Å². The summed E-state index contributed by atoms with van der Waals surface area (Å²) >= 11 is 0. The average molecular weight is 331 g/mol. The molecular weight excluding hydrogens is 302 g/mol. The van der Waals surface area contributed by atoms with E-state index in [2.05, 4.69) is 47.5 Å². The average Bonchev–Trinajstić information content (AvgIpc) is 2.64. The number of likely N-dealkylation sites (tertiary alicyclic amines) is 1. The molecule has 0 saturated carbocycles. The topological polar surface area (TPSA) is 44.8 Å². The third kappa shape index (κ3) is 4.15. The van der Waals surface area contributed by atoms with E-state index in [9.17, 15) is 4.79 Å². The van der Waals surface area contributed by atoms with Crippen LogP contribution in [0.4, 0.5) is 0 Å². The molecular formula is C19H29N3O2. The van der Waals surface area contributed by atoms with Gasteiger partial charge in [0.05, 0.1) is 6.61 Å². The van der Waals surface area contributed by atoms with Gasteiger partial charge in [-0.05, 0) is 25.3 Å². The molecule has 0 bridgehead atoms. The van der Waals surface area contributed by atoms with Crippen LogP contribution in [0.1, 0.15) is 25.3 Å². The van der Waals surface area contributed by atoms with E-state index in [1.165, 1.54) is 5.56 Å². The third-order valence-electron chi connectivity index (χ3n) is 5.31. The van der Waals surface area contributed by atoms with Crippen LogP contribution in [0.3, 0.4) is 0 Å². The van der Waals surface area contributed by atoms with Gasteiger partial charge in [0.1, 0.15) is 6.10 Å². The molecule has 5 heteroatoms. The normalized spacial score (nSPS) is 28.5. The molecule has 0 radical (unpaired) electrons. The molecule has 2 aliphatic rings. The monoisotopic (exact) mass is 331 g/mol. The summed E-state index contributed by atoms with van der Waals surface area (Å²) in [6.45, 7) is 6.38. The van der Waals surface area contributed by atoms with Crippen LogP contribution in [-0.2, 0) is 16.1 Å². The third-order valence-corrected chi connectivity index (χ3v) is 5.31. The Labute approximate surface area is 145 Å². The van der Waals surface area contributed by atoms with Crippen LogP contribution in [0.2, 0.25) is 0 Å². The molecule has 2 heterocycles. The lowest BCUT2D eigenvalue weighted by Gasteiger charge is -2.42. The molecule has 1 amide bonds. The molecule has 132 valence electrons. The van der Waals surface area contributed by atoms with E-state index >= 15 is 0 Å². The lowest BCUT2D eigenvalue weighted by Crippen LogP contribution is -2.54. The van der Waals surface area contributed by atoms with Gasteiger partial charge in [0.2, 0.25) is 0 Å². The lowest BCUT2D eigenvalue weighted by atomic mass is 9.96. The molecule has 2 saturated heterocycles. The van der Waals surface area contributed by atoms with Gasteiger partial charge < -0.3 is 15.0 Å². The Morgan fingerprint density at radius 2 is 2.17 bits per heavy atom. The van der Waals surface area contributed by atoms with Gasteiger partial charge >= 0.3 is 0 Å². The summed E-state index contributed by atoms with van der Waals surface area (Å²) in [5.41, 5.74) is 1.36. The molecule has 3 rings (SSSR count). The summed E-state index contributed by atoms with van der Waals surface area (Å²) in [6, 6.07) is 11.4. The summed E-state index contributed by atoms with van der Waals surface area (Å²) in [5, 5.41) is 3.24. The number of rotatable bonds is 4. The number of carbonyl (C=O) groups is 1. The molecule has 3 unspecified atom stereocenters. The number of likely N-dealkylation sites (N-methyl/N-ethyl adjacent to an activating group) is 1. The van der Waals surface area contributed by atoms with Crippen molar-refractivity contribution in [1.82, 2.24) is 15.1 Å². The molecule has 1 aromatic carbocycles. The summed E-state index contributed by atoms with van der Waals surface area (Å²) < 4.78 is 5.61. The van der Waals surface area contributed by atoms with Crippen LogP contribution >= 0.6 is 0 Å². The van der Waals surface area contributed by atoms with Crippen LogP contribution in [-0.4, -0.2) is 67.2 Å². The summed E-state index contributed by atoms with van der Waals surface area (Å²) in [6.07, 6.45) is 1.73. The molecule has 2 fully saturated rings. The lowest BCUT2D eigenvalue weighted by molar-refractivity contribution is -0.147. The van der Waals surface area contributed by atoms with Gasteiger partial charge in [-0.3, -0.25) is 9.69 Å². The van der Waals surface area contributed by atoms with Crippen molar-refractivity contribution in [1.29, 1.82) is 0 Å². The number of hydrogen-bond acceptors (Lipinski definition) is 4. The number of amides is 1. The Bertz CT molecular complexity index is 531. The largest absolute Gasteiger partial charge is 0.366 e. The molecule has 0 aliphatic carbocycles. The van der Waals surface area contributed by atoms with Gasteiger partial charge in [0.25, 0.3) is 5.91 Å². The van der Waals surface area contributed by atoms with Gasteiger partial charge in [0, 0.05) is 45.3 Å². The Balaban J connectivity index is 1.53. The standard InChI is InChI=1S/C19H29N3O2/c1-15-12-17(21(2)19(23)18-13-20-9-11-24-18)8-10-22(15)14-16-6-4-3-5-7-16/h3-7,15,17-18,20H,8-14H2,1-2H3. The van der Waals surface area contributed by atoms with Gasteiger partial charge in [0.15, 0.2) is 0 Å². The molecule has 24 heavy (non-hydrogen) atoms. The molecule has 3 atom stereocenters. The Morgan fingerprint density at radius 3 is 2.83 bits per heavy atom. The molecule has 1 N–H and O–H groups in total. The minimum atomic E-state index is -0.318. The molecule has 5 nitrogen and oxygen atoms in total. The van der Waals surface area contributed by atoms with Crippen LogP contribution in [0.15, 0.2) is 30.3 Å². The second-order valence-electron chi connectivity index (χ2n) is 7.00. The van der Waals surface area contributed by atoms with E-state index < -0.39 is 0 Å². The van der Waals surface area contributed by atoms with Gasteiger partial charge in [-0.25, -0.2) is 0 Å². The van der Waals surface area contributed by atoms with E-state index in [-0.39, 0.29) is 12.0 Å². The number of piperidine rings is 1. The SMILES string of the molecule is CC1CC(N(C)C(=O)C2CNCCO2)CCN1Cc1ccccc1. The first-order valence-electron chi connectivity index (χ1n) is 9.02. The fourth-order valence-corrected chi connectivity index (χ4v) is 3.73. The van der Waals surface area contributed by atoms with Crippen molar-refractivity contribution in [3.63, 3.8) is 0 Å². The highest BCUT2D eigenvalue weighted by atomic mass is 16.5. The van der Waals surface area contributed by atoms with E-state index in [1.54, 1.807) is 0 Å². The maximum absolute atomic E-state index is 12.6. The molecule has 0 aromatic heterocycles. The Morgan fingerprint density at radius 1 is 1.38 bits per heavy atom. The second-order valence-corrected chi connectivity index (χ2v) is 7.00. The number of nitrogens with one attached hydrogen (secondary N) is 1. The zero-order valence-corrected chi connectivity index (χ0v) is 14.8. The minimum Gasteiger partial charge on any atom is -0.366 e. The predicted molar refractivity (Wildman–Crippen MR) is 94.7 cm³/mol. The highest BCUT2D eigenvalue weighted by molar-refractivity contribution is 5.81. The number of hydrogen-bond donors (Lipinski definition) is 1. The highest BCUT2D eigenvalue weighted by Gasteiger charge is 2.33. The number of ether oxygens (including phenoxy) is 1. The van der Waals surface area contributed by atoms with E-state index in [0.29, 0.717) is 25.2 Å². The first-order chi connectivity index (χ1) is 11.6. The predicted octanol–water partition coefficient (Wildman–Crippen LogP) is 1.49. The van der Waals surface area contributed by atoms with Crippen molar-refractivity contribution in [2.75, 3.05) is 33.3 Å². The highest BCUT2D eigenvalue weighted by Crippen LogP contribution is 2.23.